The van der Waals surface area contributed by atoms with Crippen molar-refractivity contribution in [2.45, 2.75) is 6.92 Å². The van der Waals surface area contributed by atoms with Crippen molar-refractivity contribution in [2.75, 3.05) is 5.43 Å². The third-order valence-corrected chi connectivity index (χ3v) is 4.73. The molecule has 0 aliphatic rings. The molecule has 0 radical (unpaired) electrons. The summed E-state index contributed by atoms with van der Waals surface area (Å²) in [7, 11) is 0. The Morgan fingerprint density at radius 2 is 1.59 bits per heavy atom. The standard InChI is InChI=1S/C24H19N5O3/c1-16-7-9-18(10-8-16)22-14-21(17-5-3-2-4-6-17)26-24(27-22)28-25-15-19-13-20(29(31)32)11-12-23(19)30/h2-15,30H,1H3,(H,26,27,28)/b25-15+. The van der Waals surface area contributed by atoms with Gasteiger partial charge in [0.25, 0.3) is 5.69 Å². The fourth-order valence-corrected chi connectivity index (χ4v) is 3.04. The third kappa shape index (κ3) is 4.76. The molecule has 0 aliphatic heterocycles. The number of nitro benzene ring substituents is 1. The van der Waals surface area contributed by atoms with Crippen molar-refractivity contribution >= 4 is 17.9 Å². The molecule has 0 saturated carbocycles. The van der Waals surface area contributed by atoms with Gasteiger partial charge in [0.2, 0.25) is 5.95 Å². The van der Waals surface area contributed by atoms with Crippen molar-refractivity contribution < 1.29 is 10.0 Å². The number of benzene rings is 3. The van der Waals surface area contributed by atoms with Gasteiger partial charge in [-0.05, 0) is 19.1 Å². The first kappa shape index (κ1) is 20.7. The molecule has 8 heteroatoms. The Morgan fingerprint density at radius 3 is 2.25 bits per heavy atom. The summed E-state index contributed by atoms with van der Waals surface area (Å²) >= 11 is 0. The lowest BCUT2D eigenvalue weighted by Crippen LogP contribution is -2.00. The highest BCUT2D eigenvalue weighted by Crippen LogP contribution is 2.26. The predicted octanol–water partition coefficient (Wildman–Crippen LogP) is 5.18. The molecule has 0 aliphatic carbocycles. The maximum Gasteiger partial charge on any atom is 0.270 e. The molecule has 1 heterocycles. The SMILES string of the molecule is Cc1ccc(-c2cc(-c3ccccc3)nc(N/N=C/c3cc([N+](=O)[O-])ccc3O)n2)cc1. The largest absolute Gasteiger partial charge is 0.507 e. The zero-order valence-electron chi connectivity index (χ0n) is 17.1. The van der Waals surface area contributed by atoms with Crippen LogP contribution in [0.4, 0.5) is 11.6 Å². The fraction of sp³-hybridized carbons (Fsp3) is 0.0417. The minimum absolute atomic E-state index is 0.125. The van der Waals surface area contributed by atoms with E-state index in [9.17, 15) is 15.2 Å². The van der Waals surface area contributed by atoms with Gasteiger partial charge in [-0.25, -0.2) is 15.4 Å². The summed E-state index contributed by atoms with van der Waals surface area (Å²) in [5, 5.41) is 25.0. The summed E-state index contributed by atoms with van der Waals surface area (Å²) < 4.78 is 0. The lowest BCUT2D eigenvalue weighted by atomic mass is 10.1. The maximum atomic E-state index is 11.0. The van der Waals surface area contributed by atoms with E-state index < -0.39 is 4.92 Å². The van der Waals surface area contributed by atoms with Crippen LogP contribution in [0.3, 0.4) is 0 Å². The number of nitro groups is 1. The van der Waals surface area contributed by atoms with Gasteiger partial charge in [0.05, 0.1) is 22.5 Å². The van der Waals surface area contributed by atoms with Gasteiger partial charge in [-0.3, -0.25) is 10.1 Å². The van der Waals surface area contributed by atoms with Crippen LogP contribution in [-0.4, -0.2) is 26.2 Å². The first-order chi connectivity index (χ1) is 15.5. The van der Waals surface area contributed by atoms with Crippen LogP contribution in [0, 0.1) is 17.0 Å². The highest BCUT2D eigenvalue weighted by molar-refractivity contribution is 5.85. The highest BCUT2D eigenvalue weighted by Gasteiger charge is 2.10. The number of aromatic nitrogens is 2. The number of hydrogen-bond acceptors (Lipinski definition) is 7. The number of nitrogens with zero attached hydrogens (tertiary/aromatic N) is 4. The van der Waals surface area contributed by atoms with E-state index in [1.807, 2.05) is 67.6 Å². The van der Waals surface area contributed by atoms with Crippen LogP contribution < -0.4 is 5.43 Å². The Kier molecular flexibility index (Phi) is 5.85. The second-order valence-corrected chi connectivity index (χ2v) is 7.06. The average Bonchev–Trinajstić information content (AvgIpc) is 2.81. The number of anilines is 1. The molecular formula is C24H19N5O3. The van der Waals surface area contributed by atoms with E-state index in [1.165, 1.54) is 24.4 Å². The molecule has 8 nitrogen and oxygen atoms in total. The quantitative estimate of drug-likeness (QED) is 0.250. The molecule has 4 aromatic rings. The van der Waals surface area contributed by atoms with Crippen molar-refractivity contribution in [3.8, 4) is 28.3 Å². The van der Waals surface area contributed by atoms with Crippen molar-refractivity contribution in [3.05, 3.63) is 100 Å². The first-order valence-electron chi connectivity index (χ1n) is 9.77. The normalized spacial score (nSPS) is 10.9. The molecule has 1 aromatic heterocycles. The lowest BCUT2D eigenvalue weighted by Gasteiger charge is -2.08. The molecule has 2 N–H and O–H groups in total. The van der Waals surface area contributed by atoms with Crippen LogP contribution >= 0.6 is 0 Å². The Morgan fingerprint density at radius 1 is 0.938 bits per heavy atom. The van der Waals surface area contributed by atoms with Crippen molar-refractivity contribution in [1.82, 2.24) is 9.97 Å². The number of rotatable bonds is 6. The fourth-order valence-electron chi connectivity index (χ4n) is 3.04. The van der Waals surface area contributed by atoms with Crippen molar-refractivity contribution in [3.63, 3.8) is 0 Å². The van der Waals surface area contributed by atoms with Crippen LogP contribution in [0.2, 0.25) is 0 Å². The molecule has 0 saturated heterocycles. The zero-order valence-corrected chi connectivity index (χ0v) is 17.1. The van der Waals surface area contributed by atoms with Crippen molar-refractivity contribution in [1.29, 1.82) is 0 Å². The van der Waals surface area contributed by atoms with Crippen LogP contribution in [0.5, 0.6) is 5.75 Å². The molecule has 0 atom stereocenters. The highest BCUT2D eigenvalue weighted by atomic mass is 16.6. The van der Waals surface area contributed by atoms with E-state index in [-0.39, 0.29) is 22.9 Å². The topological polar surface area (TPSA) is 114 Å². The second kappa shape index (κ2) is 9.05. The Labute approximate surface area is 184 Å². The summed E-state index contributed by atoms with van der Waals surface area (Å²) in [5.41, 5.74) is 7.25. The number of phenolic OH excluding ortho intramolecular Hbond substituents is 1. The third-order valence-electron chi connectivity index (χ3n) is 4.73. The maximum absolute atomic E-state index is 11.0. The minimum Gasteiger partial charge on any atom is -0.507 e. The molecule has 0 bridgehead atoms. The lowest BCUT2D eigenvalue weighted by molar-refractivity contribution is -0.384. The molecule has 4 rings (SSSR count). The predicted molar refractivity (Wildman–Crippen MR) is 124 cm³/mol. The van der Waals surface area contributed by atoms with Gasteiger partial charge in [-0.1, -0.05) is 60.2 Å². The second-order valence-electron chi connectivity index (χ2n) is 7.06. The van der Waals surface area contributed by atoms with Gasteiger partial charge in [-0.15, -0.1) is 0 Å². The summed E-state index contributed by atoms with van der Waals surface area (Å²) in [5.74, 6) is 0.128. The van der Waals surface area contributed by atoms with E-state index in [0.29, 0.717) is 5.69 Å². The minimum atomic E-state index is -0.537. The summed E-state index contributed by atoms with van der Waals surface area (Å²) in [6, 6.07) is 23.3. The number of non-ortho nitro benzene ring substituents is 1. The smallest absolute Gasteiger partial charge is 0.270 e. The van der Waals surface area contributed by atoms with Crippen LogP contribution in [0.25, 0.3) is 22.5 Å². The Bertz CT molecular complexity index is 1290. The number of aryl methyl sites for hydroxylation is 1. The number of aromatic hydroxyl groups is 1. The summed E-state index contributed by atoms with van der Waals surface area (Å²) in [6.45, 7) is 2.02. The zero-order chi connectivity index (χ0) is 22.5. The van der Waals surface area contributed by atoms with E-state index in [2.05, 4.69) is 20.5 Å². The van der Waals surface area contributed by atoms with Gasteiger partial charge in [0.15, 0.2) is 0 Å². The van der Waals surface area contributed by atoms with E-state index in [1.54, 1.807) is 0 Å². The first-order valence-corrected chi connectivity index (χ1v) is 9.77. The van der Waals surface area contributed by atoms with E-state index >= 15 is 0 Å². The van der Waals surface area contributed by atoms with Gasteiger partial charge in [-0.2, -0.15) is 5.10 Å². The van der Waals surface area contributed by atoms with Crippen LogP contribution in [0.15, 0.2) is 84.0 Å². The summed E-state index contributed by atoms with van der Waals surface area (Å²) in [6.07, 6.45) is 1.28. The van der Waals surface area contributed by atoms with Crippen molar-refractivity contribution in [2.24, 2.45) is 5.10 Å². The summed E-state index contributed by atoms with van der Waals surface area (Å²) in [4.78, 5) is 19.5. The molecule has 158 valence electrons. The molecule has 0 unspecified atom stereocenters. The van der Waals surface area contributed by atoms with Gasteiger partial charge < -0.3 is 5.11 Å². The monoisotopic (exact) mass is 425 g/mol. The molecule has 32 heavy (non-hydrogen) atoms. The van der Waals surface area contributed by atoms with E-state index in [0.717, 1.165) is 22.4 Å². The molecule has 0 amide bonds. The van der Waals surface area contributed by atoms with Crippen LogP contribution in [-0.2, 0) is 0 Å². The van der Waals surface area contributed by atoms with Crippen LogP contribution in [0.1, 0.15) is 11.1 Å². The van der Waals surface area contributed by atoms with Gasteiger partial charge in [0, 0.05) is 28.8 Å². The number of nitrogens with one attached hydrogen (secondary N) is 1. The number of phenols is 1. The Hall–Kier alpha value is -4.59. The van der Waals surface area contributed by atoms with E-state index in [4.69, 9.17) is 0 Å². The molecule has 3 aromatic carbocycles. The molecular weight excluding hydrogens is 406 g/mol. The number of hydrogen-bond donors (Lipinski definition) is 2. The van der Waals surface area contributed by atoms with Gasteiger partial charge >= 0.3 is 0 Å². The molecule has 0 fully saturated rings. The Balaban J connectivity index is 1.68. The average molecular weight is 425 g/mol. The van der Waals surface area contributed by atoms with Gasteiger partial charge in [0.1, 0.15) is 5.75 Å². The number of hydrazone groups is 1. The molecule has 0 spiro atoms.